The second-order valence-electron chi connectivity index (χ2n) is 6.32. The molecule has 3 rings (SSSR count). The second kappa shape index (κ2) is 8.29. The van der Waals surface area contributed by atoms with Crippen LogP contribution in [0.3, 0.4) is 0 Å². The Bertz CT molecular complexity index is 908. The molecule has 1 amide bonds. The summed E-state index contributed by atoms with van der Waals surface area (Å²) in [5.41, 5.74) is 0.567. The first-order chi connectivity index (χ1) is 12.9. The molecule has 1 fully saturated rings. The molecule has 1 heterocycles. The zero-order valence-electron chi connectivity index (χ0n) is 14.9. The first-order valence-corrected chi connectivity index (χ1v) is 10.4. The van der Waals surface area contributed by atoms with E-state index in [2.05, 4.69) is 5.32 Å². The number of rotatable bonds is 5. The summed E-state index contributed by atoms with van der Waals surface area (Å²) in [6, 6.07) is 13.3. The van der Waals surface area contributed by atoms with Gasteiger partial charge in [-0.25, -0.2) is 8.42 Å². The van der Waals surface area contributed by atoms with Gasteiger partial charge in [-0.05, 0) is 49.2 Å². The molecule has 2 aromatic rings. The molecule has 2 aromatic carbocycles. The molecular formula is C19H21ClN2O4S. The molecule has 0 radical (unpaired) electrons. The maximum atomic E-state index is 12.8. The highest BCUT2D eigenvalue weighted by Crippen LogP contribution is 2.27. The zero-order chi connectivity index (χ0) is 19.4. The molecule has 1 N–H and O–H groups in total. The molecule has 8 heteroatoms. The summed E-state index contributed by atoms with van der Waals surface area (Å²) in [6.07, 6.45) is 0.928. The minimum atomic E-state index is -3.58. The minimum Gasteiger partial charge on any atom is -0.497 e. The largest absolute Gasteiger partial charge is 0.497 e. The maximum absolute atomic E-state index is 12.8. The summed E-state index contributed by atoms with van der Waals surface area (Å²) in [7, 11) is -2.05. The van der Waals surface area contributed by atoms with Crippen LogP contribution in [0.5, 0.6) is 5.75 Å². The lowest BCUT2D eigenvalue weighted by atomic mass is 9.97. The lowest BCUT2D eigenvalue weighted by Crippen LogP contribution is -2.41. The highest BCUT2D eigenvalue weighted by Gasteiger charge is 2.32. The van der Waals surface area contributed by atoms with Gasteiger partial charge in [0.1, 0.15) is 5.75 Å². The van der Waals surface area contributed by atoms with Crippen molar-refractivity contribution in [2.45, 2.75) is 17.7 Å². The van der Waals surface area contributed by atoms with E-state index in [1.54, 1.807) is 36.4 Å². The first kappa shape index (κ1) is 19.7. The van der Waals surface area contributed by atoms with Crippen molar-refractivity contribution in [3.05, 3.63) is 53.6 Å². The van der Waals surface area contributed by atoms with Gasteiger partial charge in [0.25, 0.3) is 0 Å². The maximum Gasteiger partial charge on any atom is 0.243 e. The van der Waals surface area contributed by atoms with E-state index in [1.807, 2.05) is 0 Å². The van der Waals surface area contributed by atoms with Crippen LogP contribution in [0, 0.1) is 5.92 Å². The number of nitrogens with zero attached hydrogens (tertiary/aromatic N) is 1. The van der Waals surface area contributed by atoms with Gasteiger partial charge in [0.05, 0.1) is 22.7 Å². The van der Waals surface area contributed by atoms with Crippen molar-refractivity contribution in [3.63, 3.8) is 0 Å². The number of para-hydroxylation sites is 1. The zero-order valence-corrected chi connectivity index (χ0v) is 16.5. The van der Waals surface area contributed by atoms with Crippen molar-refractivity contribution in [2.75, 3.05) is 25.5 Å². The standard InChI is InChI=1S/C19H21ClN2O4S/c1-26-15-6-8-16(9-7-15)27(24,25)22-12-10-14(11-13-22)19(23)21-18-5-3-2-4-17(18)20/h2-9,14H,10-13H2,1H3,(H,21,23). The molecule has 27 heavy (non-hydrogen) atoms. The van der Waals surface area contributed by atoms with Gasteiger partial charge in [-0.2, -0.15) is 4.31 Å². The molecule has 0 aromatic heterocycles. The average Bonchev–Trinajstić information content (AvgIpc) is 2.70. The molecule has 0 atom stereocenters. The van der Waals surface area contributed by atoms with E-state index in [-0.39, 0.29) is 16.7 Å². The Balaban J connectivity index is 1.62. The van der Waals surface area contributed by atoms with Gasteiger partial charge in [-0.1, -0.05) is 23.7 Å². The van der Waals surface area contributed by atoms with Gasteiger partial charge in [0, 0.05) is 19.0 Å². The van der Waals surface area contributed by atoms with E-state index in [4.69, 9.17) is 16.3 Å². The summed E-state index contributed by atoms with van der Waals surface area (Å²) in [6.45, 7) is 0.601. The molecular weight excluding hydrogens is 388 g/mol. The van der Waals surface area contributed by atoms with Gasteiger partial charge in [0.15, 0.2) is 0 Å². The van der Waals surface area contributed by atoms with Gasteiger partial charge < -0.3 is 10.1 Å². The second-order valence-corrected chi connectivity index (χ2v) is 8.67. The van der Waals surface area contributed by atoms with Crippen LogP contribution >= 0.6 is 11.6 Å². The number of halogens is 1. The molecule has 0 bridgehead atoms. The van der Waals surface area contributed by atoms with Crippen LogP contribution in [-0.4, -0.2) is 38.8 Å². The predicted octanol–water partition coefficient (Wildman–Crippen LogP) is 3.39. The van der Waals surface area contributed by atoms with Gasteiger partial charge in [0.2, 0.25) is 15.9 Å². The number of piperidine rings is 1. The molecule has 144 valence electrons. The van der Waals surface area contributed by atoms with E-state index in [0.717, 1.165) is 0 Å². The van der Waals surface area contributed by atoms with Crippen molar-refractivity contribution in [1.82, 2.24) is 4.31 Å². The molecule has 6 nitrogen and oxygen atoms in total. The van der Waals surface area contributed by atoms with Crippen LogP contribution < -0.4 is 10.1 Å². The fourth-order valence-corrected chi connectivity index (χ4v) is 4.71. The predicted molar refractivity (Wildman–Crippen MR) is 105 cm³/mol. The first-order valence-electron chi connectivity index (χ1n) is 8.61. The van der Waals surface area contributed by atoms with Crippen molar-refractivity contribution in [1.29, 1.82) is 0 Å². The van der Waals surface area contributed by atoms with E-state index in [0.29, 0.717) is 42.4 Å². The smallest absolute Gasteiger partial charge is 0.243 e. The number of carbonyl (C=O) groups excluding carboxylic acids is 1. The topological polar surface area (TPSA) is 75.7 Å². The molecule has 0 unspecified atom stereocenters. The van der Waals surface area contributed by atoms with Crippen molar-refractivity contribution >= 4 is 33.2 Å². The lowest BCUT2D eigenvalue weighted by Gasteiger charge is -2.30. The SMILES string of the molecule is COc1ccc(S(=O)(=O)N2CCC(C(=O)Nc3ccccc3Cl)CC2)cc1. The van der Waals surface area contributed by atoms with Crippen LogP contribution in [0.2, 0.25) is 5.02 Å². The third-order valence-corrected chi connectivity index (χ3v) is 6.90. The Morgan fingerprint density at radius 1 is 1.11 bits per heavy atom. The summed E-state index contributed by atoms with van der Waals surface area (Å²) >= 11 is 6.07. The average molecular weight is 409 g/mol. The number of carbonyl (C=O) groups is 1. The normalized spacial score (nSPS) is 16.1. The number of amides is 1. The quantitative estimate of drug-likeness (QED) is 0.822. The van der Waals surface area contributed by atoms with Gasteiger partial charge in [-0.15, -0.1) is 0 Å². The molecule has 0 spiro atoms. The van der Waals surface area contributed by atoms with E-state index >= 15 is 0 Å². The van der Waals surface area contributed by atoms with Crippen LogP contribution in [0.1, 0.15) is 12.8 Å². The van der Waals surface area contributed by atoms with E-state index < -0.39 is 10.0 Å². The fraction of sp³-hybridized carbons (Fsp3) is 0.316. The van der Waals surface area contributed by atoms with E-state index in [1.165, 1.54) is 23.5 Å². The van der Waals surface area contributed by atoms with Crippen molar-refractivity contribution in [2.24, 2.45) is 5.92 Å². The Hall–Kier alpha value is -2.09. The highest BCUT2D eigenvalue weighted by atomic mass is 35.5. The molecule has 0 saturated carbocycles. The van der Waals surface area contributed by atoms with Crippen LogP contribution in [0.15, 0.2) is 53.4 Å². The third kappa shape index (κ3) is 4.43. The van der Waals surface area contributed by atoms with Crippen molar-refractivity contribution < 1.29 is 17.9 Å². The Morgan fingerprint density at radius 3 is 2.33 bits per heavy atom. The summed E-state index contributed by atoms with van der Waals surface area (Å²) in [5.74, 6) is 0.220. The Labute approximate surface area is 164 Å². The summed E-state index contributed by atoms with van der Waals surface area (Å²) < 4.78 is 32.0. The third-order valence-electron chi connectivity index (χ3n) is 4.65. The number of hydrogen-bond donors (Lipinski definition) is 1. The number of hydrogen-bond acceptors (Lipinski definition) is 4. The van der Waals surface area contributed by atoms with Gasteiger partial charge in [-0.3, -0.25) is 4.79 Å². The number of ether oxygens (including phenoxy) is 1. The van der Waals surface area contributed by atoms with Crippen LogP contribution in [0.25, 0.3) is 0 Å². The number of nitrogens with one attached hydrogen (secondary N) is 1. The number of sulfonamides is 1. The Kier molecular flexibility index (Phi) is 6.04. The molecule has 0 aliphatic carbocycles. The molecule has 1 aliphatic heterocycles. The monoisotopic (exact) mass is 408 g/mol. The summed E-state index contributed by atoms with van der Waals surface area (Å²) in [5, 5.41) is 3.30. The molecule has 1 aliphatic rings. The fourth-order valence-electron chi connectivity index (χ4n) is 3.05. The van der Waals surface area contributed by atoms with Crippen LogP contribution in [-0.2, 0) is 14.8 Å². The minimum absolute atomic E-state index is 0.135. The van der Waals surface area contributed by atoms with E-state index in [9.17, 15) is 13.2 Å². The molecule has 1 saturated heterocycles. The van der Waals surface area contributed by atoms with Crippen molar-refractivity contribution in [3.8, 4) is 5.75 Å². The number of methoxy groups -OCH3 is 1. The van der Waals surface area contributed by atoms with Gasteiger partial charge >= 0.3 is 0 Å². The lowest BCUT2D eigenvalue weighted by molar-refractivity contribution is -0.120. The number of anilines is 1. The summed E-state index contributed by atoms with van der Waals surface area (Å²) in [4.78, 5) is 12.7. The Morgan fingerprint density at radius 2 is 1.74 bits per heavy atom. The number of benzene rings is 2. The highest BCUT2D eigenvalue weighted by molar-refractivity contribution is 7.89. The van der Waals surface area contributed by atoms with Crippen LogP contribution in [0.4, 0.5) is 5.69 Å².